The summed E-state index contributed by atoms with van der Waals surface area (Å²) < 4.78 is 10.6. The van der Waals surface area contributed by atoms with Crippen LogP contribution in [0, 0.1) is 5.92 Å². The third-order valence-corrected chi connectivity index (χ3v) is 5.75. The molecule has 1 rings (SSSR count). The molecule has 0 bridgehead atoms. The topological polar surface area (TPSA) is 194 Å². The minimum atomic E-state index is -1.25. The van der Waals surface area contributed by atoms with Crippen molar-refractivity contribution in [3.8, 4) is 5.75 Å². The van der Waals surface area contributed by atoms with Crippen LogP contribution in [-0.2, 0) is 35.1 Å². The Balaban J connectivity index is 3.19. The molecule has 1 aromatic carbocycles. The molecule has 1 aromatic rings. The zero-order valence-electron chi connectivity index (χ0n) is 23.7. The Labute approximate surface area is 239 Å². The van der Waals surface area contributed by atoms with Crippen molar-refractivity contribution in [2.24, 2.45) is 5.92 Å². The molecule has 0 fully saturated rings. The summed E-state index contributed by atoms with van der Waals surface area (Å²) in [5.41, 5.74) is 0.745. The van der Waals surface area contributed by atoms with Crippen molar-refractivity contribution in [3.63, 3.8) is 0 Å². The van der Waals surface area contributed by atoms with Crippen molar-refractivity contribution >= 4 is 29.8 Å². The van der Waals surface area contributed by atoms with E-state index in [1.54, 1.807) is 24.3 Å². The van der Waals surface area contributed by atoms with Crippen molar-refractivity contribution in [2.75, 3.05) is 65.6 Å². The minimum Gasteiger partial charge on any atom is -0.494 e. The fourth-order valence-electron chi connectivity index (χ4n) is 4.03. The second-order valence-corrected chi connectivity index (χ2v) is 9.94. The summed E-state index contributed by atoms with van der Waals surface area (Å²) in [6.07, 6.45) is 0.198. The highest BCUT2D eigenvalue weighted by molar-refractivity contribution is 5.74. The Morgan fingerprint density at radius 2 is 1.27 bits per heavy atom. The molecule has 0 heterocycles. The van der Waals surface area contributed by atoms with E-state index in [-0.39, 0.29) is 45.1 Å². The molecule has 1 atom stereocenters. The number of carboxylic acid groups (broad SMARTS) is 4. The van der Waals surface area contributed by atoms with E-state index in [0.717, 1.165) is 5.56 Å². The van der Waals surface area contributed by atoms with E-state index in [2.05, 4.69) is 0 Å². The number of esters is 1. The first-order valence-corrected chi connectivity index (χ1v) is 13.2. The number of hydrogen-bond acceptors (Lipinski definition) is 10. The van der Waals surface area contributed by atoms with Gasteiger partial charge in [-0.25, -0.2) is 0 Å². The molecule has 14 heteroatoms. The van der Waals surface area contributed by atoms with Crippen LogP contribution in [0.15, 0.2) is 24.3 Å². The quantitative estimate of drug-likeness (QED) is 0.137. The summed E-state index contributed by atoms with van der Waals surface area (Å²) in [7, 11) is 0. The number of ether oxygens (including phenoxy) is 2. The first kappa shape index (κ1) is 35.3. The van der Waals surface area contributed by atoms with Crippen LogP contribution in [-0.4, -0.2) is 137 Å². The van der Waals surface area contributed by atoms with Crippen molar-refractivity contribution < 1.29 is 53.9 Å². The van der Waals surface area contributed by atoms with Gasteiger partial charge in [0.2, 0.25) is 0 Å². The van der Waals surface area contributed by atoms with Gasteiger partial charge < -0.3 is 29.9 Å². The smallest absolute Gasteiger partial charge is 0.320 e. The molecule has 0 aliphatic heterocycles. The highest BCUT2D eigenvalue weighted by Crippen LogP contribution is 2.16. The van der Waals surface area contributed by atoms with E-state index in [4.69, 9.17) is 9.47 Å². The maximum Gasteiger partial charge on any atom is 0.320 e. The summed E-state index contributed by atoms with van der Waals surface area (Å²) in [6, 6.07) is 6.24. The standard InChI is InChI=1S/C27H41N3O11/c1-4-40-22-7-5-20(6-8-22)11-21(30(15-25(35)36)16-26(37)38)12-28(13-23(31)32)9-10-29(14-24(33)34)17-27(39)41-18-19(2)3/h5-8,19,21H,4,9-18H2,1-3H3,(H,31,32)(H,33,34)(H,35,36)(H,37,38)/t21-/m0/s1. The van der Waals surface area contributed by atoms with Gasteiger partial charge in [-0.05, 0) is 37.0 Å². The van der Waals surface area contributed by atoms with Gasteiger partial charge in [0, 0.05) is 25.7 Å². The van der Waals surface area contributed by atoms with Crippen molar-refractivity contribution in [1.82, 2.24) is 14.7 Å². The van der Waals surface area contributed by atoms with Crippen molar-refractivity contribution in [1.29, 1.82) is 0 Å². The van der Waals surface area contributed by atoms with Gasteiger partial charge in [-0.1, -0.05) is 26.0 Å². The molecule has 41 heavy (non-hydrogen) atoms. The molecule has 4 N–H and O–H groups in total. The van der Waals surface area contributed by atoms with E-state index in [1.165, 1.54) is 14.7 Å². The highest BCUT2D eigenvalue weighted by Gasteiger charge is 2.27. The second-order valence-electron chi connectivity index (χ2n) is 9.94. The summed E-state index contributed by atoms with van der Waals surface area (Å²) >= 11 is 0. The fraction of sp³-hybridized carbons (Fsp3) is 0.593. The van der Waals surface area contributed by atoms with Gasteiger partial charge in [0.1, 0.15) is 5.75 Å². The Bertz CT molecular complexity index is 985. The lowest BCUT2D eigenvalue weighted by Crippen LogP contribution is -2.51. The fourth-order valence-corrected chi connectivity index (χ4v) is 4.03. The number of aliphatic carboxylic acids is 4. The highest BCUT2D eigenvalue weighted by atomic mass is 16.5. The van der Waals surface area contributed by atoms with Crippen LogP contribution in [0.5, 0.6) is 5.75 Å². The molecule has 0 aliphatic rings. The van der Waals surface area contributed by atoms with Gasteiger partial charge in [-0.2, -0.15) is 0 Å². The number of benzene rings is 1. The number of carbonyl (C=O) groups is 5. The van der Waals surface area contributed by atoms with Crippen LogP contribution < -0.4 is 4.74 Å². The van der Waals surface area contributed by atoms with E-state index in [9.17, 15) is 44.4 Å². The largest absolute Gasteiger partial charge is 0.494 e. The Hall–Kier alpha value is -3.75. The van der Waals surface area contributed by atoms with Gasteiger partial charge in [0.05, 0.1) is 45.9 Å². The monoisotopic (exact) mass is 583 g/mol. The maximum atomic E-state index is 12.2. The van der Waals surface area contributed by atoms with Gasteiger partial charge >= 0.3 is 29.8 Å². The van der Waals surface area contributed by atoms with E-state index in [0.29, 0.717) is 12.4 Å². The minimum absolute atomic E-state index is 0.00476. The number of nitrogens with zero attached hydrogens (tertiary/aromatic N) is 3. The molecule has 230 valence electrons. The van der Waals surface area contributed by atoms with Crippen LogP contribution in [0.2, 0.25) is 0 Å². The third kappa shape index (κ3) is 16.2. The predicted octanol–water partition coefficient (Wildman–Crippen LogP) is 0.440. The summed E-state index contributed by atoms with van der Waals surface area (Å²) in [5, 5.41) is 37.7. The lowest BCUT2D eigenvalue weighted by Gasteiger charge is -2.34. The van der Waals surface area contributed by atoms with E-state index in [1.807, 2.05) is 20.8 Å². The van der Waals surface area contributed by atoms with Crippen LogP contribution in [0.3, 0.4) is 0 Å². The predicted molar refractivity (Wildman–Crippen MR) is 146 cm³/mol. The molecule has 0 unspecified atom stereocenters. The van der Waals surface area contributed by atoms with Crippen molar-refractivity contribution in [3.05, 3.63) is 29.8 Å². The molecule has 0 aromatic heterocycles. The molecular weight excluding hydrogens is 542 g/mol. The lowest BCUT2D eigenvalue weighted by molar-refractivity contribution is -0.148. The first-order chi connectivity index (χ1) is 19.3. The van der Waals surface area contributed by atoms with Crippen LogP contribution in [0.1, 0.15) is 26.3 Å². The summed E-state index contributed by atoms with van der Waals surface area (Å²) in [4.78, 5) is 62.5. The van der Waals surface area contributed by atoms with Crippen LogP contribution in [0.4, 0.5) is 0 Å². The molecule has 0 spiro atoms. The van der Waals surface area contributed by atoms with Gasteiger partial charge in [0.15, 0.2) is 0 Å². The molecule has 0 aliphatic carbocycles. The van der Waals surface area contributed by atoms with E-state index >= 15 is 0 Å². The number of rotatable bonds is 22. The maximum absolute atomic E-state index is 12.2. The Morgan fingerprint density at radius 3 is 1.76 bits per heavy atom. The van der Waals surface area contributed by atoms with Crippen LogP contribution in [0.25, 0.3) is 0 Å². The van der Waals surface area contributed by atoms with Gasteiger partial charge in [-0.15, -0.1) is 0 Å². The zero-order valence-corrected chi connectivity index (χ0v) is 23.7. The van der Waals surface area contributed by atoms with Crippen molar-refractivity contribution in [2.45, 2.75) is 33.2 Å². The molecule has 0 amide bonds. The number of hydrogen-bond donors (Lipinski definition) is 4. The molecular formula is C27H41N3O11. The van der Waals surface area contributed by atoms with E-state index < -0.39 is 62.1 Å². The number of carbonyl (C=O) groups excluding carboxylic acids is 1. The van der Waals surface area contributed by atoms with Gasteiger partial charge in [0.25, 0.3) is 0 Å². The van der Waals surface area contributed by atoms with Crippen LogP contribution >= 0.6 is 0 Å². The lowest BCUT2D eigenvalue weighted by atomic mass is 10.0. The summed E-state index contributed by atoms with van der Waals surface area (Å²) in [6.45, 7) is 3.65. The zero-order chi connectivity index (χ0) is 30.9. The normalized spacial score (nSPS) is 12.1. The molecule has 14 nitrogen and oxygen atoms in total. The summed E-state index contributed by atoms with van der Waals surface area (Å²) in [5.74, 6) is -4.78. The Morgan fingerprint density at radius 1 is 0.756 bits per heavy atom. The average molecular weight is 584 g/mol. The third-order valence-electron chi connectivity index (χ3n) is 5.75. The van der Waals surface area contributed by atoms with Gasteiger partial charge in [-0.3, -0.25) is 38.7 Å². The average Bonchev–Trinajstić information content (AvgIpc) is 2.85. The first-order valence-electron chi connectivity index (χ1n) is 13.2. The Kier molecular flexibility index (Phi) is 16.0. The molecule has 0 radical (unpaired) electrons. The number of carboxylic acids is 4. The molecule has 0 saturated heterocycles. The second kappa shape index (κ2) is 18.6. The molecule has 0 saturated carbocycles. The SMILES string of the molecule is CCOc1ccc(C[C@@H](CN(CCN(CC(=O)O)CC(=O)OCC(C)C)CC(=O)O)N(CC(=O)O)CC(=O)O)cc1.